The fraction of sp³-hybridized carbons (Fsp3) is 0.615. The Morgan fingerprint density at radius 2 is 2.31 bits per heavy atom. The summed E-state index contributed by atoms with van der Waals surface area (Å²) >= 11 is 0. The lowest BCUT2D eigenvalue weighted by Crippen LogP contribution is -2.46. The molecule has 1 aliphatic rings. The number of rotatable bonds is 2. The van der Waals surface area contributed by atoms with Crippen LogP contribution < -0.4 is 5.32 Å². The van der Waals surface area contributed by atoms with Crippen LogP contribution in [0.3, 0.4) is 0 Å². The molecule has 0 saturated heterocycles. The number of furan rings is 1. The summed E-state index contributed by atoms with van der Waals surface area (Å²) in [5.41, 5.74) is 0.195. The van der Waals surface area contributed by atoms with Gasteiger partial charge < -0.3 is 9.73 Å². The molecule has 1 N–H and O–H groups in total. The van der Waals surface area contributed by atoms with Crippen LogP contribution in [0, 0.1) is 5.41 Å². The highest BCUT2D eigenvalue weighted by molar-refractivity contribution is 5.91. The maximum absolute atomic E-state index is 11.9. The molecule has 88 valence electrons. The molecule has 0 aromatic carbocycles. The number of hydrogen-bond acceptors (Lipinski definition) is 2. The molecule has 3 heteroatoms. The van der Waals surface area contributed by atoms with Crippen molar-refractivity contribution in [1.82, 2.24) is 5.32 Å². The van der Waals surface area contributed by atoms with Crippen molar-refractivity contribution in [3.05, 3.63) is 24.2 Å². The lowest BCUT2D eigenvalue weighted by Gasteiger charge is -2.38. The molecule has 1 heterocycles. The molecule has 0 bridgehead atoms. The predicted octanol–water partition coefficient (Wildman–Crippen LogP) is 2.98. The van der Waals surface area contributed by atoms with Crippen LogP contribution in [-0.4, -0.2) is 11.9 Å². The summed E-state index contributed by atoms with van der Waals surface area (Å²) in [5.74, 6) is 0.311. The Morgan fingerprint density at radius 3 is 2.94 bits per heavy atom. The smallest absolute Gasteiger partial charge is 0.287 e. The molecule has 1 unspecified atom stereocenters. The van der Waals surface area contributed by atoms with Crippen molar-refractivity contribution in [3.8, 4) is 0 Å². The van der Waals surface area contributed by atoms with Gasteiger partial charge in [-0.1, -0.05) is 26.7 Å². The summed E-state index contributed by atoms with van der Waals surface area (Å²) in [6.45, 7) is 4.44. The fourth-order valence-corrected chi connectivity index (χ4v) is 2.40. The second-order valence-corrected chi connectivity index (χ2v) is 5.24. The van der Waals surface area contributed by atoms with E-state index >= 15 is 0 Å². The van der Waals surface area contributed by atoms with E-state index < -0.39 is 0 Å². The summed E-state index contributed by atoms with van der Waals surface area (Å²) in [7, 11) is 0. The zero-order valence-corrected chi connectivity index (χ0v) is 9.95. The Labute approximate surface area is 96.2 Å². The molecule has 2 rings (SSSR count). The van der Waals surface area contributed by atoms with Crippen molar-refractivity contribution in [2.45, 2.75) is 45.6 Å². The van der Waals surface area contributed by atoms with E-state index in [9.17, 15) is 4.79 Å². The summed E-state index contributed by atoms with van der Waals surface area (Å²) in [6, 6.07) is 3.70. The van der Waals surface area contributed by atoms with Crippen LogP contribution in [0.5, 0.6) is 0 Å². The summed E-state index contributed by atoms with van der Waals surface area (Å²) in [6.07, 6.45) is 6.24. The topological polar surface area (TPSA) is 42.2 Å². The molecule has 1 aliphatic carbocycles. The van der Waals surface area contributed by atoms with E-state index in [2.05, 4.69) is 19.2 Å². The van der Waals surface area contributed by atoms with Gasteiger partial charge in [-0.3, -0.25) is 4.79 Å². The van der Waals surface area contributed by atoms with Crippen molar-refractivity contribution in [3.63, 3.8) is 0 Å². The first kappa shape index (κ1) is 11.2. The van der Waals surface area contributed by atoms with Crippen molar-refractivity contribution < 1.29 is 9.21 Å². The van der Waals surface area contributed by atoms with Crippen LogP contribution in [-0.2, 0) is 0 Å². The number of carbonyl (C=O) groups is 1. The minimum absolute atomic E-state index is 0.0926. The van der Waals surface area contributed by atoms with Gasteiger partial charge in [0.2, 0.25) is 0 Å². The number of hydrogen-bond donors (Lipinski definition) is 1. The van der Waals surface area contributed by atoms with Gasteiger partial charge in [-0.25, -0.2) is 0 Å². The van der Waals surface area contributed by atoms with Gasteiger partial charge in [0, 0.05) is 6.04 Å². The molecule has 1 saturated carbocycles. The SMILES string of the molecule is CC1(C)CCCCC1NC(=O)c1ccco1. The van der Waals surface area contributed by atoms with E-state index in [-0.39, 0.29) is 17.4 Å². The van der Waals surface area contributed by atoms with Gasteiger partial charge in [-0.05, 0) is 30.4 Å². The minimum Gasteiger partial charge on any atom is -0.459 e. The minimum atomic E-state index is -0.0926. The van der Waals surface area contributed by atoms with Crippen LogP contribution in [0.1, 0.15) is 50.1 Å². The fourth-order valence-electron chi connectivity index (χ4n) is 2.40. The Balaban J connectivity index is 2.01. The summed E-state index contributed by atoms with van der Waals surface area (Å²) in [5, 5.41) is 3.08. The Kier molecular flexibility index (Phi) is 3.03. The molecule has 1 amide bonds. The van der Waals surface area contributed by atoms with Crippen molar-refractivity contribution in [2.75, 3.05) is 0 Å². The zero-order chi connectivity index (χ0) is 11.6. The van der Waals surface area contributed by atoms with Gasteiger partial charge in [0.1, 0.15) is 0 Å². The highest BCUT2D eigenvalue weighted by atomic mass is 16.3. The van der Waals surface area contributed by atoms with Gasteiger partial charge in [-0.2, -0.15) is 0 Å². The number of carbonyl (C=O) groups excluding carboxylic acids is 1. The lowest BCUT2D eigenvalue weighted by molar-refractivity contribution is 0.0826. The predicted molar refractivity (Wildman–Crippen MR) is 62.2 cm³/mol. The van der Waals surface area contributed by atoms with Crippen molar-refractivity contribution >= 4 is 5.91 Å². The Morgan fingerprint density at radius 1 is 1.50 bits per heavy atom. The Bertz CT molecular complexity index is 354. The van der Waals surface area contributed by atoms with Crippen LogP contribution >= 0.6 is 0 Å². The summed E-state index contributed by atoms with van der Waals surface area (Å²) < 4.78 is 5.09. The lowest BCUT2D eigenvalue weighted by atomic mass is 9.73. The van der Waals surface area contributed by atoms with Crippen molar-refractivity contribution in [2.24, 2.45) is 5.41 Å². The molecule has 1 fully saturated rings. The summed E-state index contributed by atoms with van der Waals surface area (Å²) in [4.78, 5) is 11.9. The van der Waals surface area contributed by atoms with E-state index in [1.54, 1.807) is 12.1 Å². The van der Waals surface area contributed by atoms with Crippen molar-refractivity contribution in [1.29, 1.82) is 0 Å². The molecule has 1 aromatic heterocycles. The van der Waals surface area contributed by atoms with Crippen LogP contribution in [0.4, 0.5) is 0 Å². The maximum Gasteiger partial charge on any atom is 0.287 e. The normalized spacial score (nSPS) is 24.0. The van der Waals surface area contributed by atoms with Gasteiger partial charge in [0.25, 0.3) is 5.91 Å². The van der Waals surface area contributed by atoms with Crippen LogP contribution in [0.15, 0.2) is 22.8 Å². The van der Waals surface area contributed by atoms with Crippen LogP contribution in [0.2, 0.25) is 0 Å². The second kappa shape index (κ2) is 4.32. The number of nitrogens with one attached hydrogen (secondary N) is 1. The van der Waals surface area contributed by atoms with E-state index in [1.165, 1.54) is 25.5 Å². The average molecular weight is 221 g/mol. The molecular formula is C13H19NO2. The highest BCUT2D eigenvalue weighted by Crippen LogP contribution is 2.35. The van der Waals surface area contributed by atoms with Gasteiger partial charge >= 0.3 is 0 Å². The first-order valence-corrected chi connectivity index (χ1v) is 5.94. The molecule has 3 nitrogen and oxygen atoms in total. The highest BCUT2D eigenvalue weighted by Gasteiger charge is 2.33. The second-order valence-electron chi connectivity index (χ2n) is 5.24. The third-order valence-corrected chi connectivity index (χ3v) is 3.56. The standard InChI is InChI=1S/C13H19NO2/c1-13(2)8-4-3-7-11(13)14-12(15)10-6-5-9-16-10/h5-6,9,11H,3-4,7-8H2,1-2H3,(H,14,15). The molecule has 1 aromatic rings. The number of amides is 1. The largest absolute Gasteiger partial charge is 0.459 e. The van der Waals surface area contributed by atoms with E-state index in [1.807, 2.05) is 0 Å². The average Bonchev–Trinajstić information content (AvgIpc) is 2.74. The molecule has 0 spiro atoms. The monoisotopic (exact) mass is 221 g/mol. The van der Waals surface area contributed by atoms with Crippen LogP contribution in [0.25, 0.3) is 0 Å². The van der Waals surface area contributed by atoms with E-state index in [0.29, 0.717) is 5.76 Å². The first-order valence-electron chi connectivity index (χ1n) is 5.94. The maximum atomic E-state index is 11.9. The van der Waals surface area contributed by atoms with E-state index in [4.69, 9.17) is 4.42 Å². The molecule has 16 heavy (non-hydrogen) atoms. The van der Waals surface area contributed by atoms with E-state index in [0.717, 1.165) is 6.42 Å². The first-order chi connectivity index (χ1) is 7.59. The Hall–Kier alpha value is -1.25. The molecule has 0 radical (unpaired) electrons. The molecule has 0 aliphatic heterocycles. The van der Waals surface area contributed by atoms with Gasteiger partial charge in [0.15, 0.2) is 5.76 Å². The van der Waals surface area contributed by atoms with Gasteiger partial charge in [0.05, 0.1) is 6.26 Å². The molecular weight excluding hydrogens is 202 g/mol. The zero-order valence-electron chi connectivity index (χ0n) is 9.95. The molecule has 1 atom stereocenters. The quantitative estimate of drug-likeness (QED) is 0.834. The third-order valence-electron chi connectivity index (χ3n) is 3.56. The third kappa shape index (κ3) is 2.29. The van der Waals surface area contributed by atoms with Gasteiger partial charge in [-0.15, -0.1) is 0 Å².